The Morgan fingerprint density at radius 2 is 1.62 bits per heavy atom. The fraction of sp³-hybridized carbons (Fsp3) is 1.00. The second kappa shape index (κ2) is 4.97. The Balaban J connectivity index is 3.81. The minimum Gasteiger partial charge on any atom is -0.312 e. The Kier molecular flexibility index (Phi) is 4.93. The third kappa shape index (κ3) is 6.05. The van der Waals surface area contributed by atoms with Crippen molar-refractivity contribution in [3.63, 3.8) is 0 Å². The molecule has 0 aliphatic rings. The molecular formula is C11H26N2. The van der Waals surface area contributed by atoms with E-state index in [0.29, 0.717) is 12.0 Å². The van der Waals surface area contributed by atoms with Crippen LogP contribution in [0.3, 0.4) is 0 Å². The number of nitrogens with one attached hydrogen (secondary N) is 1. The van der Waals surface area contributed by atoms with Crippen LogP contribution in [-0.2, 0) is 0 Å². The first-order chi connectivity index (χ1) is 5.74. The highest BCUT2D eigenvalue weighted by Gasteiger charge is 2.16. The molecule has 0 aromatic carbocycles. The normalized spacial score (nSPS) is 17.5. The summed E-state index contributed by atoms with van der Waals surface area (Å²) < 4.78 is 0. The zero-order valence-corrected chi connectivity index (χ0v) is 10.3. The first-order valence-corrected chi connectivity index (χ1v) is 5.15. The topological polar surface area (TPSA) is 15.3 Å². The molecule has 0 aromatic rings. The van der Waals surface area contributed by atoms with E-state index >= 15 is 0 Å². The van der Waals surface area contributed by atoms with Gasteiger partial charge in [0.25, 0.3) is 0 Å². The first kappa shape index (κ1) is 12.9. The van der Waals surface area contributed by atoms with Crippen molar-refractivity contribution in [2.45, 2.75) is 46.2 Å². The SMILES string of the molecule is CC(CNC(C)(C)C)C(C)N(C)C. The standard InChI is InChI=1S/C11H26N2/c1-9(10(2)13(6)7)8-12-11(3,4)5/h9-10,12H,8H2,1-7H3. The Hall–Kier alpha value is -0.0800. The van der Waals surface area contributed by atoms with E-state index in [1.807, 2.05) is 0 Å². The van der Waals surface area contributed by atoms with Gasteiger partial charge in [-0.25, -0.2) is 0 Å². The van der Waals surface area contributed by atoms with Gasteiger partial charge in [-0.2, -0.15) is 0 Å². The second-order valence-electron chi connectivity index (χ2n) is 5.31. The number of hydrogen-bond acceptors (Lipinski definition) is 2. The highest BCUT2D eigenvalue weighted by molar-refractivity contribution is 4.76. The second-order valence-corrected chi connectivity index (χ2v) is 5.31. The Morgan fingerprint density at radius 3 is 1.92 bits per heavy atom. The van der Waals surface area contributed by atoms with E-state index < -0.39 is 0 Å². The maximum Gasteiger partial charge on any atom is 0.00985 e. The lowest BCUT2D eigenvalue weighted by molar-refractivity contribution is 0.223. The van der Waals surface area contributed by atoms with Gasteiger partial charge in [0.2, 0.25) is 0 Å². The molecule has 2 unspecified atom stereocenters. The third-order valence-corrected chi connectivity index (χ3v) is 2.59. The van der Waals surface area contributed by atoms with Crippen LogP contribution in [-0.4, -0.2) is 37.1 Å². The summed E-state index contributed by atoms with van der Waals surface area (Å²) in [6.45, 7) is 12.3. The van der Waals surface area contributed by atoms with E-state index in [4.69, 9.17) is 0 Å². The van der Waals surface area contributed by atoms with Crippen LogP contribution in [0.15, 0.2) is 0 Å². The molecular weight excluding hydrogens is 160 g/mol. The molecule has 0 heterocycles. The van der Waals surface area contributed by atoms with Crippen LogP contribution in [0.2, 0.25) is 0 Å². The maximum absolute atomic E-state index is 3.53. The molecule has 0 aliphatic carbocycles. The summed E-state index contributed by atoms with van der Waals surface area (Å²) in [5.41, 5.74) is 0.236. The maximum atomic E-state index is 3.53. The van der Waals surface area contributed by atoms with Gasteiger partial charge in [-0.3, -0.25) is 0 Å². The van der Waals surface area contributed by atoms with Crippen molar-refractivity contribution in [3.8, 4) is 0 Å². The predicted molar refractivity (Wildman–Crippen MR) is 60.1 cm³/mol. The largest absolute Gasteiger partial charge is 0.312 e. The zero-order valence-electron chi connectivity index (χ0n) is 10.3. The molecule has 0 saturated heterocycles. The van der Waals surface area contributed by atoms with E-state index in [9.17, 15) is 0 Å². The number of rotatable bonds is 4. The zero-order chi connectivity index (χ0) is 10.6. The minimum atomic E-state index is 0.236. The van der Waals surface area contributed by atoms with Crippen molar-refractivity contribution in [1.29, 1.82) is 0 Å². The molecule has 0 amide bonds. The van der Waals surface area contributed by atoms with Crippen LogP contribution < -0.4 is 5.32 Å². The van der Waals surface area contributed by atoms with E-state index in [1.54, 1.807) is 0 Å². The van der Waals surface area contributed by atoms with Crippen molar-refractivity contribution in [3.05, 3.63) is 0 Å². The molecule has 80 valence electrons. The van der Waals surface area contributed by atoms with E-state index in [1.165, 1.54) is 0 Å². The molecule has 0 saturated carbocycles. The van der Waals surface area contributed by atoms with Crippen LogP contribution >= 0.6 is 0 Å². The molecule has 13 heavy (non-hydrogen) atoms. The van der Waals surface area contributed by atoms with Crippen LogP contribution in [0.1, 0.15) is 34.6 Å². The molecule has 2 nitrogen and oxygen atoms in total. The molecule has 0 fully saturated rings. The monoisotopic (exact) mass is 186 g/mol. The molecule has 2 heteroatoms. The highest BCUT2D eigenvalue weighted by atomic mass is 15.1. The van der Waals surface area contributed by atoms with Crippen molar-refractivity contribution in [1.82, 2.24) is 10.2 Å². The van der Waals surface area contributed by atoms with Crippen LogP contribution in [0.25, 0.3) is 0 Å². The molecule has 2 atom stereocenters. The summed E-state index contributed by atoms with van der Waals surface area (Å²) in [6.07, 6.45) is 0. The van der Waals surface area contributed by atoms with Crippen LogP contribution in [0.4, 0.5) is 0 Å². The lowest BCUT2D eigenvalue weighted by Gasteiger charge is -2.30. The smallest absolute Gasteiger partial charge is 0.00985 e. The average Bonchev–Trinajstić information content (AvgIpc) is 1.97. The van der Waals surface area contributed by atoms with Crippen molar-refractivity contribution in [2.24, 2.45) is 5.92 Å². The van der Waals surface area contributed by atoms with E-state index in [-0.39, 0.29) is 5.54 Å². The van der Waals surface area contributed by atoms with Gasteiger partial charge in [0.15, 0.2) is 0 Å². The summed E-state index contributed by atoms with van der Waals surface area (Å²) in [5.74, 6) is 0.689. The van der Waals surface area contributed by atoms with Gasteiger partial charge in [0, 0.05) is 11.6 Å². The van der Waals surface area contributed by atoms with Gasteiger partial charge in [0.05, 0.1) is 0 Å². The number of hydrogen-bond donors (Lipinski definition) is 1. The molecule has 0 spiro atoms. The first-order valence-electron chi connectivity index (χ1n) is 5.15. The van der Waals surface area contributed by atoms with E-state index in [2.05, 4.69) is 58.9 Å². The van der Waals surface area contributed by atoms with Crippen molar-refractivity contribution < 1.29 is 0 Å². The quantitative estimate of drug-likeness (QED) is 0.722. The minimum absolute atomic E-state index is 0.236. The highest BCUT2D eigenvalue weighted by Crippen LogP contribution is 2.08. The Labute approximate surface area is 83.7 Å². The van der Waals surface area contributed by atoms with Gasteiger partial charge < -0.3 is 10.2 Å². The van der Waals surface area contributed by atoms with Crippen molar-refractivity contribution >= 4 is 0 Å². The molecule has 1 N–H and O–H groups in total. The fourth-order valence-electron chi connectivity index (χ4n) is 1.15. The van der Waals surface area contributed by atoms with Gasteiger partial charge in [-0.1, -0.05) is 6.92 Å². The van der Waals surface area contributed by atoms with E-state index in [0.717, 1.165) is 6.54 Å². The van der Waals surface area contributed by atoms with Crippen molar-refractivity contribution in [2.75, 3.05) is 20.6 Å². The van der Waals surface area contributed by atoms with Gasteiger partial charge in [-0.15, -0.1) is 0 Å². The van der Waals surface area contributed by atoms with Crippen LogP contribution in [0, 0.1) is 5.92 Å². The third-order valence-electron chi connectivity index (χ3n) is 2.59. The van der Waals surface area contributed by atoms with Gasteiger partial charge in [0.1, 0.15) is 0 Å². The average molecular weight is 186 g/mol. The lowest BCUT2D eigenvalue weighted by Crippen LogP contribution is -2.43. The number of nitrogens with zero attached hydrogens (tertiary/aromatic N) is 1. The summed E-state index contributed by atoms with van der Waals surface area (Å²) >= 11 is 0. The summed E-state index contributed by atoms with van der Waals surface area (Å²) in [6, 6.07) is 0.634. The molecule has 0 radical (unpaired) electrons. The molecule has 0 aliphatic heterocycles. The summed E-state index contributed by atoms with van der Waals surface area (Å²) in [7, 11) is 4.27. The molecule has 0 aromatic heterocycles. The Morgan fingerprint density at radius 1 is 1.15 bits per heavy atom. The van der Waals surface area contributed by atoms with Crippen LogP contribution in [0.5, 0.6) is 0 Å². The van der Waals surface area contributed by atoms with Gasteiger partial charge in [-0.05, 0) is 54.3 Å². The summed E-state index contributed by atoms with van der Waals surface area (Å²) in [4.78, 5) is 2.27. The van der Waals surface area contributed by atoms with Gasteiger partial charge >= 0.3 is 0 Å². The predicted octanol–water partition coefficient (Wildman–Crippen LogP) is 1.96. The summed E-state index contributed by atoms with van der Waals surface area (Å²) in [5, 5.41) is 3.53. The molecule has 0 bridgehead atoms. The fourth-order valence-corrected chi connectivity index (χ4v) is 1.15. The Bertz CT molecular complexity index is 136. The molecule has 0 rings (SSSR count). The lowest BCUT2D eigenvalue weighted by atomic mass is 10.0.